The number of likely N-dealkylation sites (tertiary alicyclic amines) is 1. The molecule has 0 unspecified atom stereocenters. The van der Waals surface area contributed by atoms with Gasteiger partial charge in [-0.2, -0.15) is 0 Å². The molecule has 0 aliphatic carbocycles. The Hall–Kier alpha value is -1.09. The summed E-state index contributed by atoms with van der Waals surface area (Å²) in [4.78, 5) is 14.5. The van der Waals surface area contributed by atoms with E-state index in [9.17, 15) is 4.79 Å². The van der Waals surface area contributed by atoms with Crippen LogP contribution in [0.3, 0.4) is 0 Å². The van der Waals surface area contributed by atoms with Gasteiger partial charge in [-0.1, -0.05) is 34.1 Å². The molecule has 1 atom stereocenters. The van der Waals surface area contributed by atoms with E-state index in [-0.39, 0.29) is 11.8 Å². The first kappa shape index (κ1) is 14.3. The molecule has 3 heteroatoms. The van der Waals surface area contributed by atoms with Gasteiger partial charge in [0.25, 0.3) is 0 Å². The normalized spacial score (nSPS) is 18.1. The van der Waals surface area contributed by atoms with E-state index < -0.39 is 0 Å². The highest BCUT2D eigenvalue weighted by molar-refractivity contribution is 9.10. The number of rotatable bonds is 3. The molecule has 1 saturated heterocycles. The number of amides is 1. The lowest BCUT2D eigenvalue weighted by Crippen LogP contribution is -2.40. The summed E-state index contributed by atoms with van der Waals surface area (Å²) in [5, 5.41) is 0. The number of piperidine rings is 1. The van der Waals surface area contributed by atoms with Crippen molar-refractivity contribution in [3.05, 3.63) is 47.0 Å². The van der Waals surface area contributed by atoms with Gasteiger partial charge in [0.1, 0.15) is 0 Å². The van der Waals surface area contributed by atoms with E-state index in [1.165, 1.54) is 0 Å². The van der Waals surface area contributed by atoms with E-state index in [0.29, 0.717) is 5.92 Å². The van der Waals surface area contributed by atoms with Crippen molar-refractivity contribution in [2.45, 2.75) is 25.7 Å². The van der Waals surface area contributed by atoms with Crippen LogP contribution in [0.15, 0.2) is 41.4 Å². The Labute approximate surface area is 123 Å². The van der Waals surface area contributed by atoms with Crippen molar-refractivity contribution >= 4 is 21.8 Å². The summed E-state index contributed by atoms with van der Waals surface area (Å²) < 4.78 is 1.04. The van der Waals surface area contributed by atoms with Gasteiger partial charge in [-0.05, 0) is 43.4 Å². The number of halogens is 1. The average molecular weight is 322 g/mol. The number of hydrogen-bond acceptors (Lipinski definition) is 1. The lowest BCUT2D eigenvalue weighted by atomic mass is 9.94. The highest BCUT2D eigenvalue weighted by Gasteiger charge is 2.25. The van der Waals surface area contributed by atoms with Crippen LogP contribution in [0.1, 0.15) is 31.2 Å². The molecule has 102 valence electrons. The van der Waals surface area contributed by atoms with Gasteiger partial charge in [0, 0.05) is 17.6 Å². The van der Waals surface area contributed by atoms with Crippen molar-refractivity contribution in [2.24, 2.45) is 5.92 Å². The number of nitrogens with zero attached hydrogens (tertiary/aromatic N) is 1. The molecule has 0 spiro atoms. The second kappa shape index (κ2) is 6.38. The van der Waals surface area contributed by atoms with E-state index in [4.69, 9.17) is 0 Å². The van der Waals surface area contributed by atoms with Gasteiger partial charge < -0.3 is 4.90 Å². The first-order valence-corrected chi connectivity index (χ1v) is 7.58. The molecular formula is C16H20BrNO. The minimum absolute atomic E-state index is 0.0617. The van der Waals surface area contributed by atoms with Crippen molar-refractivity contribution in [1.29, 1.82) is 0 Å². The molecule has 0 radical (unpaired) electrons. The molecule has 1 heterocycles. The summed E-state index contributed by atoms with van der Waals surface area (Å²) in [5.41, 5.74) is 1.08. The largest absolute Gasteiger partial charge is 0.342 e. The maximum atomic E-state index is 12.5. The maximum absolute atomic E-state index is 12.5. The van der Waals surface area contributed by atoms with Gasteiger partial charge in [0.05, 0.1) is 5.92 Å². The monoisotopic (exact) mass is 321 g/mol. The zero-order chi connectivity index (χ0) is 13.8. The second-order valence-corrected chi connectivity index (χ2v) is 6.09. The van der Waals surface area contributed by atoms with Gasteiger partial charge in [-0.25, -0.2) is 0 Å². The predicted octanol–water partition coefficient (Wildman–Crippen LogP) is 3.98. The molecule has 1 aliphatic heterocycles. The topological polar surface area (TPSA) is 20.3 Å². The summed E-state index contributed by atoms with van der Waals surface area (Å²) in [6, 6.07) is 8.01. The zero-order valence-electron chi connectivity index (χ0n) is 11.3. The fraction of sp³-hybridized carbons (Fsp3) is 0.438. The van der Waals surface area contributed by atoms with Crippen molar-refractivity contribution in [3.8, 4) is 0 Å². The second-order valence-electron chi connectivity index (χ2n) is 5.17. The van der Waals surface area contributed by atoms with Gasteiger partial charge >= 0.3 is 0 Å². The molecule has 2 rings (SSSR count). The molecule has 0 bridgehead atoms. The smallest absolute Gasteiger partial charge is 0.229 e. The number of hydrogen-bond donors (Lipinski definition) is 0. The molecule has 1 aliphatic rings. The number of carbonyl (C=O) groups excluding carboxylic acids is 1. The molecule has 1 aromatic rings. The molecule has 1 amide bonds. The molecule has 1 aromatic carbocycles. The fourth-order valence-electron chi connectivity index (χ4n) is 2.52. The quantitative estimate of drug-likeness (QED) is 0.771. The molecule has 0 saturated carbocycles. The Morgan fingerprint density at radius 2 is 1.95 bits per heavy atom. The SMILES string of the molecule is C=CC1CCN(C(=O)[C@H](C)c2ccc(Br)cc2)CC1. The number of allylic oxidation sites excluding steroid dienone is 1. The van der Waals surface area contributed by atoms with Crippen LogP contribution in [0.4, 0.5) is 0 Å². The fourth-order valence-corrected chi connectivity index (χ4v) is 2.79. The zero-order valence-corrected chi connectivity index (χ0v) is 12.9. The van der Waals surface area contributed by atoms with E-state index in [0.717, 1.165) is 36.0 Å². The predicted molar refractivity (Wildman–Crippen MR) is 82.1 cm³/mol. The lowest BCUT2D eigenvalue weighted by molar-refractivity contribution is -0.133. The number of carbonyl (C=O) groups is 1. The van der Waals surface area contributed by atoms with Crippen LogP contribution in [0.5, 0.6) is 0 Å². The van der Waals surface area contributed by atoms with Crippen LogP contribution in [0.2, 0.25) is 0 Å². The van der Waals surface area contributed by atoms with Crippen LogP contribution >= 0.6 is 15.9 Å². The van der Waals surface area contributed by atoms with Crippen LogP contribution in [-0.2, 0) is 4.79 Å². The maximum Gasteiger partial charge on any atom is 0.229 e. The summed E-state index contributed by atoms with van der Waals surface area (Å²) in [6.45, 7) is 7.54. The molecule has 1 fully saturated rings. The highest BCUT2D eigenvalue weighted by Crippen LogP contribution is 2.24. The molecule has 0 N–H and O–H groups in total. The van der Waals surface area contributed by atoms with Gasteiger partial charge in [0.15, 0.2) is 0 Å². The Balaban J connectivity index is 1.99. The summed E-state index contributed by atoms with van der Waals surface area (Å²) in [7, 11) is 0. The molecule has 2 nitrogen and oxygen atoms in total. The Kier molecular flexibility index (Phi) is 4.81. The minimum atomic E-state index is -0.0617. The van der Waals surface area contributed by atoms with E-state index in [2.05, 4.69) is 22.5 Å². The third kappa shape index (κ3) is 3.47. The summed E-state index contributed by atoms with van der Waals surface area (Å²) in [6.07, 6.45) is 4.10. The molecular weight excluding hydrogens is 302 g/mol. The third-order valence-electron chi connectivity index (χ3n) is 3.93. The highest BCUT2D eigenvalue weighted by atomic mass is 79.9. The summed E-state index contributed by atoms with van der Waals surface area (Å²) in [5.74, 6) is 0.755. The van der Waals surface area contributed by atoms with Gasteiger partial charge in [-0.15, -0.1) is 6.58 Å². The Bertz CT molecular complexity index is 446. The molecule has 19 heavy (non-hydrogen) atoms. The van der Waals surface area contributed by atoms with E-state index >= 15 is 0 Å². The van der Waals surface area contributed by atoms with Crippen molar-refractivity contribution in [2.75, 3.05) is 13.1 Å². The van der Waals surface area contributed by atoms with Crippen molar-refractivity contribution in [3.63, 3.8) is 0 Å². The Morgan fingerprint density at radius 3 is 2.47 bits per heavy atom. The van der Waals surface area contributed by atoms with Crippen LogP contribution in [0, 0.1) is 5.92 Å². The van der Waals surface area contributed by atoms with Crippen LogP contribution in [-0.4, -0.2) is 23.9 Å². The average Bonchev–Trinajstić information content (AvgIpc) is 2.46. The standard InChI is InChI=1S/C16H20BrNO/c1-3-13-8-10-18(11-9-13)16(19)12(2)14-4-6-15(17)7-5-14/h3-7,12-13H,1,8-11H2,2H3/t12-/m1/s1. The minimum Gasteiger partial charge on any atom is -0.342 e. The first-order chi connectivity index (χ1) is 9.11. The lowest BCUT2D eigenvalue weighted by Gasteiger charge is -2.32. The van der Waals surface area contributed by atoms with Crippen LogP contribution in [0.25, 0.3) is 0 Å². The first-order valence-electron chi connectivity index (χ1n) is 6.78. The van der Waals surface area contributed by atoms with E-state index in [1.54, 1.807) is 0 Å². The van der Waals surface area contributed by atoms with Gasteiger partial charge in [-0.3, -0.25) is 4.79 Å². The van der Waals surface area contributed by atoms with Crippen LogP contribution < -0.4 is 0 Å². The Morgan fingerprint density at radius 1 is 1.37 bits per heavy atom. The van der Waals surface area contributed by atoms with Crippen molar-refractivity contribution in [1.82, 2.24) is 4.90 Å². The summed E-state index contributed by atoms with van der Waals surface area (Å²) >= 11 is 3.42. The molecule has 0 aromatic heterocycles. The third-order valence-corrected chi connectivity index (χ3v) is 4.45. The van der Waals surface area contributed by atoms with E-state index in [1.807, 2.05) is 42.2 Å². The van der Waals surface area contributed by atoms with Crippen molar-refractivity contribution < 1.29 is 4.79 Å². The number of benzene rings is 1. The van der Waals surface area contributed by atoms with Gasteiger partial charge in [0.2, 0.25) is 5.91 Å².